The second-order valence-electron chi connectivity index (χ2n) is 6.10. The zero-order valence-corrected chi connectivity index (χ0v) is 14.9. The molecule has 0 unspecified atom stereocenters. The molecule has 0 aliphatic heterocycles. The fourth-order valence-electron chi connectivity index (χ4n) is 2.50. The summed E-state index contributed by atoms with van der Waals surface area (Å²) in [4.78, 5) is 12.6. The van der Waals surface area contributed by atoms with Crippen molar-refractivity contribution in [3.63, 3.8) is 0 Å². The number of ether oxygens (including phenoxy) is 1. The summed E-state index contributed by atoms with van der Waals surface area (Å²) in [6.07, 6.45) is -4.68. The number of hydrogen-bond acceptors (Lipinski definition) is 2. The molecule has 8 heteroatoms. The average molecular weight is 406 g/mol. The first-order valence-electron chi connectivity index (χ1n) is 8.27. The molecule has 1 amide bonds. The van der Waals surface area contributed by atoms with Gasteiger partial charge in [-0.3, -0.25) is 4.79 Å². The van der Waals surface area contributed by atoms with Crippen molar-refractivity contribution in [1.82, 2.24) is 0 Å². The molecule has 1 radical (unpaired) electrons. The summed E-state index contributed by atoms with van der Waals surface area (Å²) in [7, 11) is 0. The van der Waals surface area contributed by atoms with Gasteiger partial charge in [0.25, 0.3) is 5.91 Å². The molecule has 0 fully saturated rings. The van der Waals surface area contributed by atoms with E-state index in [9.17, 15) is 26.7 Å². The van der Waals surface area contributed by atoms with E-state index in [4.69, 9.17) is 4.74 Å². The largest absolute Gasteiger partial charge is 0.456 e. The van der Waals surface area contributed by atoms with Gasteiger partial charge in [-0.2, -0.15) is 13.2 Å². The first-order valence-corrected chi connectivity index (χ1v) is 8.27. The lowest BCUT2D eigenvalue weighted by atomic mass is 10.1. The summed E-state index contributed by atoms with van der Waals surface area (Å²) in [5.41, 5.74) is -0.911. The van der Waals surface area contributed by atoms with Crippen LogP contribution in [0, 0.1) is 24.6 Å². The minimum Gasteiger partial charge on any atom is -0.456 e. The van der Waals surface area contributed by atoms with Gasteiger partial charge in [0.2, 0.25) is 0 Å². The molecule has 0 spiro atoms. The number of benzene rings is 3. The van der Waals surface area contributed by atoms with E-state index in [1.807, 2.05) is 0 Å². The fraction of sp³-hybridized carbons (Fsp3) is 0.0952. The van der Waals surface area contributed by atoms with E-state index in [1.54, 1.807) is 6.92 Å². The summed E-state index contributed by atoms with van der Waals surface area (Å²) < 4.78 is 71.1. The normalized spacial score (nSPS) is 11.2. The summed E-state index contributed by atoms with van der Waals surface area (Å²) in [5.74, 6) is -2.04. The number of carbonyl (C=O) groups excluding carboxylic acids is 1. The molecule has 3 rings (SSSR count). The van der Waals surface area contributed by atoms with Crippen molar-refractivity contribution in [2.45, 2.75) is 13.1 Å². The summed E-state index contributed by atoms with van der Waals surface area (Å²) >= 11 is 0. The standard InChI is InChI=1S/C21H13F5NO2/c1-12-10-15(23)5-9-18(12)29-19-8-2-13(21(24,25)26)11-17(19)20(28)27-16-6-3-14(22)4-7-16/h2-3,5-11H,1H3,(H,27,28). The van der Waals surface area contributed by atoms with Gasteiger partial charge >= 0.3 is 6.18 Å². The number of amides is 1. The maximum absolute atomic E-state index is 13.3. The second kappa shape index (κ2) is 7.90. The molecule has 3 aromatic carbocycles. The minimum atomic E-state index is -4.68. The van der Waals surface area contributed by atoms with Gasteiger partial charge in [-0.25, -0.2) is 8.78 Å². The molecule has 3 aromatic rings. The lowest BCUT2D eigenvalue weighted by Gasteiger charge is -2.15. The van der Waals surface area contributed by atoms with Crippen molar-refractivity contribution in [3.8, 4) is 11.5 Å². The lowest BCUT2D eigenvalue weighted by Crippen LogP contribution is -2.15. The Morgan fingerprint density at radius 2 is 1.72 bits per heavy atom. The van der Waals surface area contributed by atoms with Crippen molar-refractivity contribution in [3.05, 3.63) is 89.0 Å². The Labute approximate surface area is 162 Å². The predicted molar refractivity (Wildman–Crippen MR) is 95.8 cm³/mol. The highest BCUT2D eigenvalue weighted by Crippen LogP contribution is 2.35. The Kier molecular flexibility index (Phi) is 5.54. The van der Waals surface area contributed by atoms with Gasteiger partial charge in [-0.15, -0.1) is 0 Å². The maximum atomic E-state index is 13.3. The van der Waals surface area contributed by atoms with E-state index in [2.05, 4.69) is 11.4 Å². The zero-order valence-electron chi connectivity index (χ0n) is 14.9. The van der Waals surface area contributed by atoms with Crippen molar-refractivity contribution < 1.29 is 31.5 Å². The minimum absolute atomic E-state index is 0.137. The van der Waals surface area contributed by atoms with Crippen LogP contribution in [0.25, 0.3) is 0 Å². The first kappa shape index (κ1) is 20.3. The fourth-order valence-corrected chi connectivity index (χ4v) is 2.50. The number of nitrogens with one attached hydrogen (secondary N) is 1. The van der Waals surface area contributed by atoms with E-state index >= 15 is 0 Å². The van der Waals surface area contributed by atoms with Crippen molar-refractivity contribution in [2.75, 3.05) is 5.32 Å². The summed E-state index contributed by atoms with van der Waals surface area (Å²) in [6, 6.07) is 11.7. The van der Waals surface area contributed by atoms with Crippen molar-refractivity contribution in [1.29, 1.82) is 0 Å². The van der Waals surface area contributed by atoms with Crippen LogP contribution < -0.4 is 10.1 Å². The number of hydrogen-bond donors (Lipinski definition) is 1. The number of aryl methyl sites for hydroxylation is 1. The molecule has 0 aromatic heterocycles. The molecular weight excluding hydrogens is 393 g/mol. The van der Waals surface area contributed by atoms with E-state index in [1.165, 1.54) is 18.2 Å². The predicted octanol–water partition coefficient (Wildman–Crippen LogP) is 6.14. The van der Waals surface area contributed by atoms with Gasteiger partial charge in [-0.1, -0.05) is 0 Å². The van der Waals surface area contributed by atoms with Gasteiger partial charge in [0.15, 0.2) is 0 Å². The lowest BCUT2D eigenvalue weighted by molar-refractivity contribution is -0.137. The maximum Gasteiger partial charge on any atom is 0.416 e. The second-order valence-corrected chi connectivity index (χ2v) is 6.10. The van der Waals surface area contributed by atoms with Crippen LogP contribution in [0.5, 0.6) is 11.5 Å². The molecule has 0 saturated carbocycles. The third kappa shape index (κ3) is 4.90. The molecule has 149 valence electrons. The Balaban J connectivity index is 1.99. The van der Waals surface area contributed by atoms with Crippen molar-refractivity contribution >= 4 is 11.6 Å². The molecule has 0 atom stereocenters. The summed E-state index contributed by atoms with van der Waals surface area (Å²) in [5, 5.41) is 2.37. The molecule has 0 aliphatic carbocycles. The van der Waals surface area contributed by atoms with Crippen LogP contribution in [0.4, 0.5) is 27.6 Å². The molecule has 29 heavy (non-hydrogen) atoms. The number of anilines is 1. The number of halogens is 5. The highest BCUT2D eigenvalue weighted by atomic mass is 19.4. The topological polar surface area (TPSA) is 38.3 Å². The van der Waals surface area contributed by atoms with E-state index in [0.29, 0.717) is 11.6 Å². The quantitative estimate of drug-likeness (QED) is 0.529. The van der Waals surface area contributed by atoms with Crippen LogP contribution in [0.3, 0.4) is 0 Å². The van der Waals surface area contributed by atoms with Crippen molar-refractivity contribution in [2.24, 2.45) is 0 Å². The number of rotatable bonds is 4. The Morgan fingerprint density at radius 3 is 2.34 bits per heavy atom. The van der Waals surface area contributed by atoms with Crippen LogP contribution in [-0.2, 0) is 6.18 Å². The Bertz CT molecular complexity index is 1050. The Morgan fingerprint density at radius 1 is 1.00 bits per heavy atom. The third-order valence-electron chi connectivity index (χ3n) is 3.94. The van der Waals surface area contributed by atoms with E-state index in [-0.39, 0.29) is 17.2 Å². The van der Waals surface area contributed by atoms with Gasteiger partial charge in [0, 0.05) is 11.8 Å². The first-order chi connectivity index (χ1) is 13.6. The van der Waals surface area contributed by atoms with E-state index in [0.717, 1.165) is 30.3 Å². The molecule has 1 N–H and O–H groups in total. The average Bonchev–Trinajstić information content (AvgIpc) is 2.65. The SMILES string of the molecule is Cc1cc(F)ccc1Oc1ccc(C(F)(F)F)cc1C(=O)Nc1c[c]c(F)cc1. The molecule has 0 saturated heterocycles. The molecule has 0 bridgehead atoms. The van der Waals surface area contributed by atoms with Gasteiger partial charge in [0.05, 0.1) is 11.1 Å². The monoisotopic (exact) mass is 406 g/mol. The summed E-state index contributed by atoms with van der Waals surface area (Å²) in [6.45, 7) is 1.55. The molecule has 0 aliphatic rings. The van der Waals surface area contributed by atoms with Crippen LogP contribution in [0.2, 0.25) is 0 Å². The van der Waals surface area contributed by atoms with Gasteiger partial charge in [0.1, 0.15) is 23.1 Å². The van der Waals surface area contributed by atoms with E-state index < -0.39 is 34.8 Å². The van der Waals surface area contributed by atoms with Crippen LogP contribution in [-0.4, -0.2) is 5.91 Å². The molecule has 0 heterocycles. The Hall–Kier alpha value is -3.42. The third-order valence-corrected chi connectivity index (χ3v) is 3.94. The number of carbonyl (C=O) groups is 1. The highest BCUT2D eigenvalue weighted by Gasteiger charge is 2.32. The number of alkyl halides is 3. The van der Waals surface area contributed by atoms with Crippen LogP contribution in [0.15, 0.2) is 54.6 Å². The van der Waals surface area contributed by atoms with Crippen LogP contribution in [0.1, 0.15) is 21.5 Å². The zero-order chi connectivity index (χ0) is 21.2. The van der Waals surface area contributed by atoms with Gasteiger partial charge < -0.3 is 10.1 Å². The highest BCUT2D eigenvalue weighted by molar-refractivity contribution is 6.06. The van der Waals surface area contributed by atoms with Gasteiger partial charge in [-0.05, 0) is 67.1 Å². The molecule has 3 nitrogen and oxygen atoms in total. The smallest absolute Gasteiger partial charge is 0.416 e. The molecular formula is C21H13F5NO2. The van der Waals surface area contributed by atoms with Crippen LogP contribution >= 0.6 is 0 Å².